The number of aliphatic hydroxyl groups excluding tert-OH is 4. The SMILES string of the molecule is Cc1ccc(COC(=O)[C@H](O)[C@@H](O)[C@H](O)CO)cc1. The van der Waals surface area contributed by atoms with Crippen molar-refractivity contribution in [3.05, 3.63) is 35.4 Å². The highest BCUT2D eigenvalue weighted by Crippen LogP contribution is 2.07. The Morgan fingerprint density at radius 1 is 1.21 bits per heavy atom. The highest BCUT2D eigenvalue weighted by molar-refractivity contribution is 5.75. The Bertz CT molecular complexity index is 402. The van der Waals surface area contributed by atoms with Gasteiger partial charge in [-0.3, -0.25) is 0 Å². The molecule has 1 rings (SSSR count). The Labute approximate surface area is 110 Å². The molecule has 4 N–H and O–H groups in total. The first-order chi connectivity index (χ1) is 8.95. The van der Waals surface area contributed by atoms with Gasteiger partial charge in [-0.15, -0.1) is 0 Å². The van der Waals surface area contributed by atoms with Crippen LogP contribution in [0.15, 0.2) is 24.3 Å². The highest BCUT2D eigenvalue weighted by atomic mass is 16.5. The van der Waals surface area contributed by atoms with Gasteiger partial charge in [0.2, 0.25) is 0 Å². The minimum absolute atomic E-state index is 0.0435. The number of benzene rings is 1. The molecule has 0 saturated carbocycles. The van der Waals surface area contributed by atoms with Crippen LogP contribution in [0, 0.1) is 6.92 Å². The molecule has 19 heavy (non-hydrogen) atoms. The van der Waals surface area contributed by atoms with E-state index in [1.165, 1.54) is 0 Å². The second-order valence-corrected chi connectivity index (χ2v) is 4.28. The lowest BCUT2D eigenvalue weighted by molar-refractivity contribution is -0.167. The minimum Gasteiger partial charge on any atom is -0.459 e. The van der Waals surface area contributed by atoms with Gasteiger partial charge in [-0.05, 0) is 12.5 Å². The van der Waals surface area contributed by atoms with Crippen LogP contribution in [0.2, 0.25) is 0 Å². The molecule has 0 heterocycles. The van der Waals surface area contributed by atoms with Gasteiger partial charge >= 0.3 is 5.97 Å². The third-order valence-electron chi connectivity index (χ3n) is 2.65. The molecule has 0 amide bonds. The van der Waals surface area contributed by atoms with Crippen LogP contribution in [-0.2, 0) is 16.1 Å². The zero-order valence-electron chi connectivity index (χ0n) is 10.6. The molecule has 0 radical (unpaired) electrons. The topological polar surface area (TPSA) is 107 Å². The average Bonchev–Trinajstić information content (AvgIpc) is 2.43. The highest BCUT2D eigenvalue weighted by Gasteiger charge is 2.31. The van der Waals surface area contributed by atoms with E-state index in [4.69, 9.17) is 14.9 Å². The molecule has 0 aliphatic heterocycles. The molecule has 0 aromatic heterocycles. The van der Waals surface area contributed by atoms with Crippen LogP contribution in [0.25, 0.3) is 0 Å². The number of carbonyl (C=O) groups is 1. The fraction of sp³-hybridized carbons (Fsp3) is 0.462. The van der Waals surface area contributed by atoms with Gasteiger partial charge in [-0.2, -0.15) is 0 Å². The van der Waals surface area contributed by atoms with Crippen molar-refractivity contribution in [3.8, 4) is 0 Å². The second kappa shape index (κ2) is 7.20. The van der Waals surface area contributed by atoms with Crippen molar-refractivity contribution in [1.29, 1.82) is 0 Å². The number of rotatable bonds is 6. The Balaban J connectivity index is 2.48. The van der Waals surface area contributed by atoms with E-state index in [0.29, 0.717) is 0 Å². The van der Waals surface area contributed by atoms with Gasteiger partial charge in [0, 0.05) is 0 Å². The van der Waals surface area contributed by atoms with Crippen molar-refractivity contribution in [2.24, 2.45) is 0 Å². The summed E-state index contributed by atoms with van der Waals surface area (Å²) in [5.41, 5.74) is 1.81. The lowest BCUT2D eigenvalue weighted by Crippen LogP contribution is -2.44. The summed E-state index contributed by atoms with van der Waals surface area (Å²) in [6, 6.07) is 7.25. The van der Waals surface area contributed by atoms with Gasteiger partial charge < -0.3 is 25.2 Å². The van der Waals surface area contributed by atoms with Crippen molar-refractivity contribution in [2.75, 3.05) is 6.61 Å². The summed E-state index contributed by atoms with van der Waals surface area (Å²) in [5.74, 6) is -1.06. The molecule has 0 saturated heterocycles. The average molecular weight is 270 g/mol. The molecule has 6 heteroatoms. The van der Waals surface area contributed by atoms with Gasteiger partial charge in [0.1, 0.15) is 18.8 Å². The predicted octanol–water partition coefficient (Wildman–Crippen LogP) is -0.887. The number of carbonyl (C=O) groups excluding carboxylic acids is 1. The second-order valence-electron chi connectivity index (χ2n) is 4.28. The number of ether oxygens (including phenoxy) is 1. The quantitative estimate of drug-likeness (QED) is 0.500. The van der Waals surface area contributed by atoms with Crippen LogP contribution < -0.4 is 0 Å². The fourth-order valence-corrected chi connectivity index (χ4v) is 1.38. The zero-order chi connectivity index (χ0) is 14.4. The smallest absolute Gasteiger partial charge is 0.338 e. The lowest BCUT2D eigenvalue weighted by Gasteiger charge is -2.20. The number of aryl methyl sites for hydroxylation is 1. The molecular formula is C13H18O6. The van der Waals surface area contributed by atoms with Crippen LogP contribution in [0.3, 0.4) is 0 Å². The number of hydrogen-bond acceptors (Lipinski definition) is 6. The zero-order valence-corrected chi connectivity index (χ0v) is 10.6. The third kappa shape index (κ3) is 4.60. The van der Waals surface area contributed by atoms with Crippen LogP contribution >= 0.6 is 0 Å². The van der Waals surface area contributed by atoms with Crippen molar-refractivity contribution >= 4 is 5.97 Å². The molecule has 0 aliphatic carbocycles. The minimum atomic E-state index is -1.90. The van der Waals surface area contributed by atoms with Gasteiger partial charge in [0.05, 0.1) is 6.61 Å². The molecule has 1 aromatic carbocycles. The first kappa shape index (κ1) is 15.6. The monoisotopic (exact) mass is 270 g/mol. The molecule has 106 valence electrons. The van der Waals surface area contributed by atoms with Crippen molar-refractivity contribution in [1.82, 2.24) is 0 Å². The maximum absolute atomic E-state index is 11.4. The number of aliphatic hydroxyl groups is 4. The number of hydrogen-bond donors (Lipinski definition) is 4. The Kier molecular flexibility index (Phi) is 5.91. The first-order valence-electron chi connectivity index (χ1n) is 5.83. The summed E-state index contributed by atoms with van der Waals surface area (Å²) < 4.78 is 4.80. The summed E-state index contributed by atoms with van der Waals surface area (Å²) in [5, 5.41) is 36.4. The maximum Gasteiger partial charge on any atom is 0.338 e. The molecule has 3 atom stereocenters. The summed E-state index contributed by atoms with van der Waals surface area (Å²) >= 11 is 0. The largest absolute Gasteiger partial charge is 0.459 e. The Morgan fingerprint density at radius 2 is 1.79 bits per heavy atom. The fourth-order valence-electron chi connectivity index (χ4n) is 1.38. The van der Waals surface area contributed by atoms with E-state index in [9.17, 15) is 15.0 Å². The summed E-state index contributed by atoms with van der Waals surface area (Å²) in [6.07, 6.45) is -5.27. The Hall–Kier alpha value is -1.47. The number of esters is 1. The van der Waals surface area contributed by atoms with Crippen molar-refractivity contribution in [3.63, 3.8) is 0 Å². The van der Waals surface area contributed by atoms with Crippen LogP contribution in [0.4, 0.5) is 0 Å². The van der Waals surface area contributed by atoms with Gasteiger partial charge in [0.25, 0.3) is 0 Å². The van der Waals surface area contributed by atoms with Crippen LogP contribution in [-0.4, -0.2) is 51.3 Å². The molecule has 0 bridgehead atoms. The standard InChI is InChI=1S/C13H18O6/c1-8-2-4-9(5-3-8)7-19-13(18)12(17)11(16)10(15)6-14/h2-5,10-12,14-17H,6-7H2,1H3/t10-,11+,12-/m1/s1. The van der Waals surface area contributed by atoms with E-state index < -0.39 is 30.9 Å². The first-order valence-corrected chi connectivity index (χ1v) is 5.83. The van der Waals surface area contributed by atoms with Crippen molar-refractivity contribution in [2.45, 2.75) is 31.8 Å². The molecule has 0 unspecified atom stereocenters. The maximum atomic E-state index is 11.4. The van der Waals surface area contributed by atoms with Crippen molar-refractivity contribution < 1.29 is 30.0 Å². The Morgan fingerprint density at radius 3 is 2.32 bits per heavy atom. The molecule has 6 nitrogen and oxygen atoms in total. The van der Waals surface area contributed by atoms with E-state index in [2.05, 4.69) is 0 Å². The molecular weight excluding hydrogens is 252 g/mol. The molecule has 1 aromatic rings. The van der Waals surface area contributed by atoms with Gasteiger partial charge in [-0.25, -0.2) is 4.79 Å². The lowest BCUT2D eigenvalue weighted by atomic mass is 10.1. The van der Waals surface area contributed by atoms with Crippen LogP contribution in [0.1, 0.15) is 11.1 Å². The van der Waals surface area contributed by atoms with E-state index in [-0.39, 0.29) is 6.61 Å². The van der Waals surface area contributed by atoms with E-state index >= 15 is 0 Å². The molecule has 0 spiro atoms. The third-order valence-corrected chi connectivity index (χ3v) is 2.65. The van der Waals surface area contributed by atoms with E-state index in [1.807, 2.05) is 19.1 Å². The molecule has 0 fully saturated rings. The summed E-state index contributed by atoms with van der Waals surface area (Å²) in [4.78, 5) is 11.4. The summed E-state index contributed by atoms with van der Waals surface area (Å²) in [7, 11) is 0. The van der Waals surface area contributed by atoms with E-state index in [1.54, 1.807) is 12.1 Å². The predicted molar refractivity (Wildman–Crippen MR) is 66.1 cm³/mol. The van der Waals surface area contributed by atoms with Gasteiger partial charge in [-0.1, -0.05) is 29.8 Å². The van der Waals surface area contributed by atoms with E-state index in [0.717, 1.165) is 11.1 Å². The normalized spacial score (nSPS) is 15.6. The van der Waals surface area contributed by atoms with Gasteiger partial charge in [0.15, 0.2) is 6.10 Å². The summed E-state index contributed by atoms with van der Waals surface area (Å²) in [6.45, 7) is 1.12. The van der Waals surface area contributed by atoms with Crippen LogP contribution in [0.5, 0.6) is 0 Å². The molecule has 0 aliphatic rings.